The van der Waals surface area contributed by atoms with Crippen LogP contribution in [0.3, 0.4) is 0 Å². The average molecular weight is 491 g/mol. The quantitative estimate of drug-likeness (QED) is 0.307. The van der Waals surface area contributed by atoms with Crippen LogP contribution in [0.2, 0.25) is 0 Å². The molecule has 0 atom stereocenters. The smallest absolute Gasteiger partial charge is 0.243 e. The monoisotopic (exact) mass is 490 g/mol. The Morgan fingerprint density at radius 2 is 2.00 bits per heavy atom. The van der Waals surface area contributed by atoms with E-state index in [0.29, 0.717) is 22.6 Å². The zero-order chi connectivity index (χ0) is 24.4. The Bertz CT molecular complexity index is 1390. The Morgan fingerprint density at radius 1 is 1.17 bits per heavy atom. The van der Waals surface area contributed by atoms with E-state index in [9.17, 15) is 9.59 Å². The minimum absolute atomic E-state index is 0.133. The van der Waals surface area contributed by atoms with Crippen LogP contribution in [0.4, 0.5) is 5.69 Å². The van der Waals surface area contributed by atoms with Gasteiger partial charge in [0.25, 0.3) is 0 Å². The molecule has 0 saturated heterocycles. The second-order valence-corrected chi connectivity index (χ2v) is 9.42. The van der Waals surface area contributed by atoms with Crippen molar-refractivity contribution in [3.8, 4) is 17.1 Å². The SMILES string of the molecule is COc1ccc(C)cc1NC(=O)CNC(=O)CSc1nnc(-c2c[nH]c3ccccc23)n1C1CC1. The number of nitrogens with one attached hydrogen (secondary N) is 3. The van der Waals surface area contributed by atoms with Crippen molar-refractivity contribution in [1.29, 1.82) is 0 Å². The molecule has 3 N–H and O–H groups in total. The van der Waals surface area contributed by atoms with Crippen LogP contribution in [-0.4, -0.2) is 51.0 Å². The average Bonchev–Trinajstić information content (AvgIpc) is 3.47. The number of aryl methyl sites for hydroxylation is 1. The third kappa shape index (κ3) is 5.02. The summed E-state index contributed by atoms with van der Waals surface area (Å²) in [6.07, 6.45) is 4.09. The second-order valence-electron chi connectivity index (χ2n) is 8.47. The van der Waals surface area contributed by atoms with Gasteiger partial charge in [0.1, 0.15) is 5.75 Å². The van der Waals surface area contributed by atoms with Crippen molar-refractivity contribution >= 4 is 40.2 Å². The fourth-order valence-corrected chi connectivity index (χ4v) is 4.79. The molecule has 2 amide bonds. The maximum absolute atomic E-state index is 12.5. The van der Waals surface area contributed by atoms with Gasteiger partial charge in [-0.3, -0.25) is 14.2 Å². The number of carbonyl (C=O) groups excluding carboxylic acids is 2. The van der Waals surface area contributed by atoms with Crippen molar-refractivity contribution in [2.24, 2.45) is 0 Å². The highest BCUT2D eigenvalue weighted by molar-refractivity contribution is 7.99. The first-order valence-corrected chi connectivity index (χ1v) is 12.4. The predicted molar refractivity (Wildman–Crippen MR) is 136 cm³/mol. The normalized spacial score (nSPS) is 13.1. The molecule has 2 aromatic carbocycles. The molecule has 2 heterocycles. The van der Waals surface area contributed by atoms with E-state index in [1.807, 2.05) is 43.5 Å². The number of H-pyrrole nitrogens is 1. The molecule has 0 spiro atoms. The molecule has 5 rings (SSSR count). The largest absolute Gasteiger partial charge is 0.495 e. The molecule has 1 fully saturated rings. The summed E-state index contributed by atoms with van der Waals surface area (Å²) in [4.78, 5) is 28.1. The van der Waals surface area contributed by atoms with Gasteiger partial charge >= 0.3 is 0 Å². The molecule has 1 saturated carbocycles. The molecule has 35 heavy (non-hydrogen) atoms. The summed E-state index contributed by atoms with van der Waals surface area (Å²) in [5, 5.41) is 16.1. The summed E-state index contributed by atoms with van der Waals surface area (Å²) in [5.74, 6) is 0.936. The lowest BCUT2D eigenvalue weighted by molar-refractivity contribution is -0.122. The molecule has 0 bridgehead atoms. The van der Waals surface area contributed by atoms with Crippen molar-refractivity contribution in [3.05, 3.63) is 54.2 Å². The Labute approximate surface area is 206 Å². The number of para-hydroxylation sites is 1. The van der Waals surface area contributed by atoms with E-state index >= 15 is 0 Å². The highest BCUT2D eigenvalue weighted by Crippen LogP contribution is 2.42. The number of aromatic nitrogens is 4. The molecule has 1 aliphatic carbocycles. The highest BCUT2D eigenvalue weighted by Gasteiger charge is 2.31. The van der Waals surface area contributed by atoms with E-state index in [1.165, 1.54) is 11.8 Å². The Kier molecular flexibility index (Phi) is 6.45. The third-order valence-electron chi connectivity index (χ3n) is 5.81. The van der Waals surface area contributed by atoms with Crippen LogP contribution >= 0.6 is 11.8 Å². The molecule has 180 valence electrons. The number of amides is 2. The number of benzene rings is 2. The molecule has 0 radical (unpaired) electrons. The van der Waals surface area contributed by atoms with Gasteiger partial charge < -0.3 is 20.4 Å². The number of hydrogen-bond donors (Lipinski definition) is 3. The number of carbonyl (C=O) groups is 2. The molecule has 9 nitrogen and oxygen atoms in total. The summed E-state index contributed by atoms with van der Waals surface area (Å²) in [6.45, 7) is 1.80. The first kappa shape index (κ1) is 23.0. The molecule has 10 heteroatoms. The van der Waals surface area contributed by atoms with E-state index in [-0.39, 0.29) is 24.1 Å². The lowest BCUT2D eigenvalue weighted by atomic mass is 10.1. The van der Waals surface area contributed by atoms with Gasteiger partial charge in [0.2, 0.25) is 11.8 Å². The van der Waals surface area contributed by atoms with Crippen molar-refractivity contribution < 1.29 is 14.3 Å². The summed E-state index contributed by atoms with van der Waals surface area (Å²) in [6, 6.07) is 13.9. The maximum atomic E-state index is 12.5. The minimum atomic E-state index is -0.324. The van der Waals surface area contributed by atoms with Gasteiger partial charge in [-0.1, -0.05) is 36.0 Å². The van der Waals surface area contributed by atoms with Crippen molar-refractivity contribution in [3.63, 3.8) is 0 Å². The van der Waals surface area contributed by atoms with E-state index in [1.54, 1.807) is 13.2 Å². The van der Waals surface area contributed by atoms with Gasteiger partial charge in [0, 0.05) is 28.7 Å². The predicted octanol–water partition coefficient (Wildman–Crippen LogP) is 3.93. The second kappa shape index (κ2) is 9.83. The van der Waals surface area contributed by atoms with Crippen molar-refractivity contribution in [1.82, 2.24) is 25.1 Å². The van der Waals surface area contributed by atoms with Gasteiger partial charge in [0.15, 0.2) is 11.0 Å². The highest BCUT2D eigenvalue weighted by atomic mass is 32.2. The number of anilines is 1. The molecular weight excluding hydrogens is 464 g/mol. The van der Waals surface area contributed by atoms with E-state index in [2.05, 4.69) is 36.4 Å². The topological polar surface area (TPSA) is 114 Å². The number of rotatable bonds is 9. The lowest BCUT2D eigenvalue weighted by Crippen LogP contribution is -2.34. The summed E-state index contributed by atoms with van der Waals surface area (Å²) in [7, 11) is 1.55. The number of aromatic amines is 1. The summed E-state index contributed by atoms with van der Waals surface area (Å²) >= 11 is 1.33. The lowest BCUT2D eigenvalue weighted by Gasteiger charge is -2.11. The molecular formula is C25H26N6O3S. The minimum Gasteiger partial charge on any atom is -0.495 e. The molecule has 2 aromatic heterocycles. The van der Waals surface area contributed by atoms with Gasteiger partial charge in [-0.05, 0) is 43.5 Å². The first-order valence-electron chi connectivity index (χ1n) is 11.4. The van der Waals surface area contributed by atoms with Gasteiger partial charge in [0.05, 0.1) is 25.1 Å². The van der Waals surface area contributed by atoms with Crippen molar-refractivity contribution in [2.75, 3.05) is 24.7 Å². The summed E-state index contributed by atoms with van der Waals surface area (Å²) in [5.41, 5.74) is 3.61. The molecule has 4 aromatic rings. The number of nitrogens with zero attached hydrogens (tertiary/aromatic N) is 3. The Morgan fingerprint density at radius 3 is 2.80 bits per heavy atom. The van der Waals surface area contributed by atoms with Crippen LogP contribution in [0.25, 0.3) is 22.3 Å². The molecule has 1 aliphatic rings. The van der Waals surface area contributed by atoms with Gasteiger partial charge in [-0.2, -0.15) is 0 Å². The van der Waals surface area contributed by atoms with Gasteiger partial charge in [-0.25, -0.2) is 0 Å². The van der Waals surface area contributed by atoms with Crippen LogP contribution in [0.15, 0.2) is 53.8 Å². The number of hydrogen-bond acceptors (Lipinski definition) is 6. The standard InChI is InChI=1S/C25H26N6O3S/c1-15-7-10-21(34-2)20(11-15)28-22(32)13-27-23(33)14-35-25-30-29-24(31(25)16-8-9-16)18-12-26-19-6-4-3-5-17(18)19/h3-7,10-12,16,26H,8-9,13-14H2,1-2H3,(H,27,33)(H,28,32). The first-order chi connectivity index (χ1) is 17.0. The zero-order valence-corrected chi connectivity index (χ0v) is 20.3. The number of thioether (sulfide) groups is 1. The third-order valence-corrected chi connectivity index (χ3v) is 6.76. The fourth-order valence-electron chi connectivity index (χ4n) is 3.95. The zero-order valence-electron chi connectivity index (χ0n) is 19.5. The maximum Gasteiger partial charge on any atom is 0.243 e. The van der Waals surface area contributed by atoms with E-state index < -0.39 is 0 Å². The number of methoxy groups -OCH3 is 1. The molecule has 0 unspecified atom stereocenters. The van der Waals surface area contributed by atoms with Crippen LogP contribution in [0.1, 0.15) is 24.4 Å². The summed E-state index contributed by atoms with van der Waals surface area (Å²) < 4.78 is 7.41. The van der Waals surface area contributed by atoms with Crippen LogP contribution in [0, 0.1) is 6.92 Å². The fraction of sp³-hybridized carbons (Fsp3) is 0.280. The van der Waals surface area contributed by atoms with Crippen LogP contribution in [-0.2, 0) is 9.59 Å². The Hall–Kier alpha value is -3.79. The molecule has 0 aliphatic heterocycles. The van der Waals surface area contributed by atoms with Crippen LogP contribution < -0.4 is 15.4 Å². The van der Waals surface area contributed by atoms with Gasteiger partial charge in [-0.15, -0.1) is 10.2 Å². The van der Waals surface area contributed by atoms with E-state index in [0.717, 1.165) is 40.7 Å². The Balaban J connectivity index is 1.21. The number of fused-ring (bicyclic) bond motifs is 1. The van der Waals surface area contributed by atoms with Crippen molar-refractivity contribution in [2.45, 2.75) is 31.0 Å². The van der Waals surface area contributed by atoms with Crippen LogP contribution in [0.5, 0.6) is 5.75 Å². The van der Waals surface area contributed by atoms with E-state index in [4.69, 9.17) is 4.74 Å². The number of ether oxygens (including phenoxy) is 1.